The molecule has 6 heteroatoms. The summed E-state index contributed by atoms with van der Waals surface area (Å²) < 4.78 is 25.9. The van der Waals surface area contributed by atoms with Crippen LogP contribution in [0.4, 0.5) is 5.69 Å². The molecule has 0 atom stereocenters. The highest BCUT2D eigenvalue weighted by atomic mass is 35.5. The molecule has 0 aliphatic heterocycles. The van der Waals surface area contributed by atoms with E-state index in [0.717, 1.165) is 0 Å². The summed E-state index contributed by atoms with van der Waals surface area (Å²) in [6.07, 6.45) is 0. The van der Waals surface area contributed by atoms with Crippen molar-refractivity contribution in [2.45, 2.75) is 20.8 Å². The third kappa shape index (κ3) is 4.83. The number of hydrogen-bond donors (Lipinski definition) is 2. The number of phenolic OH excluding ortho intramolecular Hbond substituents is 1. The summed E-state index contributed by atoms with van der Waals surface area (Å²) in [6, 6.07) is 4.23. The van der Waals surface area contributed by atoms with Crippen LogP contribution in [-0.4, -0.2) is 19.3 Å². The van der Waals surface area contributed by atoms with Gasteiger partial charge in [0.2, 0.25) is 10.0 Å². The lowest BCUT2D eigenvalue weighted by Gasteiger charge is -2.19. The number of phenols is 1. The topological polar surface area (TPSA) is 66.4 Å². The summed E-state index contributed by atoms with van der Waals surface area (Å²) in [5, 5.41) is 9.89. The van der Waals surface area contributed by atoms with Gasteiger partial charge in [-0.1, -0.05) is 32.4 Å². The Morgan fingerprint density at radius 1 is 1.35 bits per heavy atom. The van der Waals surface area contributed by atoms with E-state index in [2.05, 4.69) is 4.72 Å². The van der Waals surface area contributed by atoms with Gasteiger partial charge in [0.15, 0.2) is 0 Å². The number of aromatic hydroxyl groups is 1. The van der Waals surface area contributed by atoms with Crippen molar-refractivity contribution < 1.29 is 13.5 Å². The van der Waals surface area contributed by atoms with E-state index in [1.165, 1.54) is 18.2 Å². The summed E-state index contributed by atoms with van der Waals surface area (Å²) >= 11 is 5.66. The third-order valence-corrected chi connectivity index (χ3v) is 3.86. The maximum absolute atomic E-state index is 11.8. The first kappa shape index (κ1) is 14.1. The van der Waals surface area contributed by atoms with Gasteiger partial charge in [-0.15, -0.1) is 0 Å². The lowest BCUT2D eigenvalue weighted by atomic mass is 10.0. The maximum Gasteiger partial charge on any atom is 0.233 e. The Morgan fingerprint density at radius 2 is 1.94 bits per heavy atom. The van der Waals surface area contributed by atoms with Crippen LogP contribution in [0.3, 0.4) is 0 Å². The van der Waals surface area contributed by atoms with Gasteiger partial charge in [0.05, 0.1) is 11.4 Å². The number of rotatable bonds is 3. The van der Waals surface area contributed by atoms with Crippen LogP contribution in [0.1, 0.15) is 20.8 Å². The first-order valence-corrected chi connectivity index (χ1v) is 7.11. The molecule has 0 fully saturated rings. The lowest BCUT2D eigenvalue weighted by molar-refractivity contribution is 0.462. The van der Waals surface area contributed by atoms with Gasteiger partial charge in [0, 0.05) is 11.1 Å². The number of anilines is 1. The molecule has 1 aromatic rings. The van der Waals surface area contributed by atoms with Crippen LogP contribution >= 0.6 is 11.6 Å². The zero-order valence-corrected chi connectivity index (χ0v) is 11.6. The molecule has 0 radical (unpaired) electrons. The molecular weight excluding hydrogens is 262 g/mol. The summed E-state index contributed by atoms with van der Waals surface area (Å²) in [7, 11) is -3.48. The van der Waals surface area contributed by atoms with Gasteiger partial charge in [0.1, 0.15) is 5.75 Å². The zero-order valence-electron chi connectivity index (χ0n) is 9.99. The minimum Gasteiger partial charge on any atom is -0.506 e. The molecule has 0 bridgehead atoms. The highest BCUT2D eigenvalue weighted by Gasteiger charge is 2.22. The molecule has 0 unspecified atom stereocenters. The Morgan fingerprint density at radius 3 is 2.41 bits per heavy atom. The predicted octanol–water partition coefficient (Wildman–Crippen LogP) is 2.83. The van der Waals surface area contributed by atoms with E-state index in [4.69, 9.17) is 11.6 Å². The molecule has 0 saturated carbocycles. The van der Waals surface area contributed by atoms with Crippen LogP contribution in [0.25, 0.3) is 0 Å². The van der Waals surface area contributed by atoms with E-state index >= 15 is 0 Å². The molecule has 17 heavy (non-hydrogen) atoms. The van der Waals surface area contributed by atoms with E-state index in [1.54, 1.807) is 0 Å². The molecule has 0 heterocycles. The Bertz CT molecular complexity index is 506. The van der Waals surface area contributed by atoms with E-state index < -0.39 is 10.0 Å². The van der Waals surface area contributed by atoms with Crippen molar-refractivity contribution in [2.24, 2.45) is 5.41 Å². The van der Waals surface area contributed by atoms with Gasteiger partial charge in [-0.3, -0.25) is 4.72 Å². The number of benzene rings is 1. The molecular formula is C11H16ClNO3S. The Kier molecular flexibility index (Phi) is 3.94. The van der Waals surface area contributed by atoms with Crippen molar-refractivity contribution in [2.75, 3.05) is 10.5 Å². The van der Waals surface area contributed by atoms with Crippen molar-refractivity contribution in [3.63, 3.8) is 0 Å². The van der Waals surface area contributed by atoms with Crippen LogP contribution in [0.5, 0.6) is 5.75 Å². The largest absolute Gasteiger partial charge is 0.506 e. The molecule has 0 spiro atoms. The summed E-state index contributed by atoms with van der Waals surface area (Å²) in [4.78, 5) is 0. The predicted molar refractivity (Wildman–Crippen MR) is 70.0 cm³/mol. The first-order valence-electron chi connectivity index (χ1n) is 5.08. The van der Waals surface area contributed by atoms with Gasteiger partial charge in [0.25, 0.3) is 0 Å². The van der Waals surface area contributed by atoms with Gasteiger partial charge >= 0.3 is 0 Å². The quantitative estimate of drug-likeness (QED) is 0.835. The Balaban J connectivity index is 2.91. The summed E-state index contributed by atoms with van der Waals surface area (Å²) in [5.74, 6) is -0.211. The van der Waals surface area contributed by atoms with Crippen LogP contribution in [0.15, 0.2) is 18.2 Å². The van der Waals surface area contributed by atoms with Gasteiger partial charge in [-0.25, -0.2) is 8.42 Å². The fourth-order valence-corrected chi connectivity index (χ4v) is 3.25. The second-order valence-electron chi connectivity index (χ2n) is 5.08. The van der Waals surface area contributed by atoms with Gasteiger partial charge < -0.3 is 5.11 Å². The normalized spacial score (nSPS) is 12.5. The van der Waals surface area contributed by atoms with Crippen molar-refractivity contribution in [3.8, 4) is 5.75 Å². The molecule has 0 amide bonds. The van der Waals surface area contributed by atoms with E-state index in [-0.39, 0.29) is 22.6 Å². The smallest absolute Gasteiger partial charge is 0.233 e. The first-order chi connectivity index (χ1) is 7.59. The van der Waals surface area contributed by atoms with Crippen molar-refractivity contribution in [1.82, 2.24) is 0 Å². The number of halogens is 1. The van der Waals surface area contributed by atoms with Crippen molar-refractivity contribution in [3.05, 3.63) is 23.2 Å². The van der Waals surface area contributed by atoms with Crippen molar-refractivity contribution >= 4 is 27.3 Å². The fraction of sp³-hybridized carbons (Fsp3) is 0.455. The monoisotopic (exact) mass is 277 g/mol. The van der Waals surface area contributed by atoms with Crippen LogP contribution in [0.2, 0.25) is 5.02 Å². The zero-order chi connectivity index (χ0) is 13.3. The molecule has 0 saturated heterocycles. The Hall–Kier alpha value is -0.940. The molecule has 4 nitrogen and oxygen atoms in total. The second-order valence-corrected chi connectivity index (χ2v) is 7.24. The molecule has 2 N–H and O–H groups in total. The standard InChI is InChI=1S/C11H16ClNO3S/c1-11(2,3)7-17(15,16)13-9-5-4-8(12)6-10(9)14/h4-6,13-14H,7H2,1-3H3. The Labute approximate surface area is 107 Å². The molecule has 0 aliphatic carbocycles. The van der Waals surface area contributed by atoms with Gasteiger partial charge in [-0.2, -0.15) is 0 Å². The van der Waals surface area contributed by atoms with E-state index in [1.807, 2.05) is 20.8 Å². The highest BCUT2D eigenvalue weighted by molar-refractivity contribution is 7.92. The van der Waals surface area contributed by atoms with Gasteiger partial charge in [-0.05, 0) is 17.5 Å². The maximum atomic E-state index is 11.8. The minimum absolute atomic E-state index is 0.0257. The average molecular weight is 278 g/mol. The second kappa shape index (κ2) is 4.74. The molecule has 1 rings (SSSR count). The number of sulfonamides is 1. The van der Waals surface area contributed by atoms with Crippen LogP contribution in [-0.2, 0) is 10.0 Å². The fourth-order valence-electron chi connectivity index (χ4n) is 1.36. The van der Waals surface area contributed by atoms with Crippen molar-refractivity contribution in [1.29, 1.82) is 0 Å². The average Bonchev–Trinajstić information content (AvgIpc) is 2.05. The van der Waals surface area contributed by atoms with E-state index in [9.17, 15) is 13.5 Å². The number of nitrogens with one attached hydrogen (secondary N) is 1. The SMILES string of the molecule is CC(C)(C)CS(=O)(=O)Nc1ccc(Cl)cc1O. The molecule has 1 aromatic carbocycles. The summed E-state index contributed by atoms with van der Waals surface area (Å²) in [5.41, 5.74) is -0.216. The van der Waals surface area contributed by atoms with Crippen LogP contribution < -0.4 is 4.72 Å². The third-order valence-electron chi connectivity index (χ3n) is 1.85. The molecule has 96 valence electrons. The summed E-state index contributed by atoms with van der Waals surface area (Å²) in [6.45, 7) is 5.48. The number of hydrogen-bond acceptors (Lipinski definition) is 3. The molecule has 0 aromatic heterocycles. The lowest BCUT2D eigenvalue weighted by Crippen LogP contribution is -2.26. The minimum atomic E-state index is -3.48. The van der Waals surface area contributed by atoms with E-state index in [0.29, 0.717) is 5.02 Å². The molecule has 0 aliphatic rings. The van der Waals surface area contributed by atoms with Crippen LogP contribution in [0, 0.1) is 5.41 Å². The highest BCUT2D eigenvalue weighted by Crippen LogP contribution is 2.28.